The molecule has 0 aliphatic carbocycles. The Morgan fingerprint density at radius 1 is 1.16 bits per heavy atom. The Morgan fingerprint density at radius 2 is 1.89 bits per heavy atom. The molecule has 0 aliphatic rings. The van der Waals surface area contributed by atoms with Crippen molar-refractivity contribution in [1.29, 1.82) is 0 Å². The van der Waals surface area contributed by atoms with Crippen molar-refractivity contribution in [3.63, 3.8) is 0 Å². The maximum Gasteiger partial charge on any atom is 0.126 e. The lowest BCUT2D eigenvalue weighted by atomic mass is 10.2. The fourth-order valence-corrected chi connectivity index (χ4v) is 1.93. The monoisotopic (exact) mass is 320 g/mol. The van der Waals surface area contributed by atoms with Crippen LogP contribution in [0.3, 0.4) is 0 Å². The Labute approximate surface area is 122 Å². The molecule has 0 saturated carbocycles. The summed E-state index contributed by atoms with van der Waals surface area (Å²) in [6.07, 6.45) is 0. The fourth-order valence-electron chi connectivity index (χ4n) is 1.71. The lowest BCUT2D eigenvalue weighted by Gasteiger charge is -2.08. The molecule has 0 radical (unpaired) electrons. The van der Waals surface area contributed by atoms with Crippen LogP contribution in [0.15, 0.2) is 40.9 Å². The van der Waals surface area contributed by atoms with E-state index in [-0.39, 0.29) is 0 Å². The summed E-state index contributed by atoms with van der Waals surface area (Å²) in [5, 5.41) is 3.31. The third-order valence-electron chi connectivity index (χ3n) is 2.73. The first kappa shape index (κ1) is 13.9. The van der Waals surface area contributed by atoms with Crippen molar-refractivity contribution < 1.29 is 4.74 Å². The minimum absolute atomic E-state index is 0.694. The first-order valence-corrected chi connectivity index (χ1v) is 7.07. The van der Waals surface area contributed by atoms with Gasteiger partial charge in [-0.1, -0.05) is 12.1 Å². The molecule has 1 heterocycles. The van der Waals surface area contributed by atoms with Gasteiger partial charge >= 0.3 is 0 Å². The molecule has 0 amide bonds. The van der Waals surface area contributed by atoms with Crippen LogP contribution in [0, 0.1) is 6.92 Å². The number of hydrogen-bond acceptors (Lipinski definition) is 3. The number of aromatic nitrogens is 1. The summed E-state index contributed by atoms with van der Waals surface area (Å²) >= 11 is 3.44. The van der Waals surface area contributed by atoms with Crippen molar-refractivity contribution in [3.05, 3.63) is 52.1 Å². The minimum Gasteiger partial charge on any atom is -0.494 e. The Kier molecular flexibility index (Phi) is 4.80. The zero-order chi connectivity index (χ0) is 13.7. The average molecular weight is 321 g/mol. The van der Waals surface area contributed by atoms with Crippen LogP contribution < -0.4 is 10.1 Å². The SMILES string of the molecule is CCOc1ccc(CNc2ccc(Br)c(C)n2)cc1. The van der Waals surface area contributed by atoms with Crippen LogP contribution in [-0.4, -0.2) is 11.6 Å². The highest BCUT2D eigenvalue weighted by Crippen LogP contribution is 2.17. The maximum atomic E-state index is 5.41. The highest BCUT2D eigenvalue weighted by molar-refractivity contribution is 9.10. The summed E-state index contributed by atoms with van der Waals surface area (Å²) in [6.45, 7) is 5.41. The molecule has 0 unspecified atom stereocenters. The number of rotatable bonds is 5. The van der Waals surface area contributed by atoms with E-state index in [1.54, 1.807) is 0 Å². The molecule has 0 spiro atoms. The van der Waals surface area contributed by atoms with E-state index in [2.05, 4.69) is 38.4 Å². The van der Waals surface area contributed by atoms with Gasteiger partial charge in [-0.2, -0.15) is 0 Å². The smallest absolute Gasteiger partial charge is 0.126 e. The lowest BCUT2D eigenvalue weighted by molar-refractivity contribution is 0.340. The van der Waals surface area contributed by atoms with Gasteiger partial charge in [0, 0.05) is 11.0 Å². The Hall–Kier alpha value is -1.55. The molecule has 0 bridgehead atoms. The zero-order valence-corrected chi connectivity index (χ0v) is 12.7. The van der Waals surface area contributed by atoms with Crippen LogP contribution in [0.25, 0.3) is 0 Å². The first-order chi connectivity index (χ1) is 9.19. The van der Waals surface area contributed by atoms with Crippen LogP contribution in [-0.2, 0) is 6.54 Å². The second kappa shape index (κ2) is 6.57. The molecule has 1 aromatic heterocycles. The van der Waals surface area contributed by atoms with Gasteiger partial charge in [0.2, 0.25) is 0 Å². The van der Waals surface area contributed by atoms with Crippen LogP contribution in [0.5, 0.6) is 5.75 Å². The minimum atomic E-state index is 0.694. The van der Waals surface area contributed by atoms with E-state index in [9.17, 15) is 0 Å². The first-order valence-electron chi connectivity index (χ1n) is 6.28. The molecule has 2 rings (SSSR count). The van der Waals surface area contributed by atoms with Crippen molar-refractivity contribution in [2.75, 3.05) is 11.9 Å². The lowest BCUT2D eigenvalue weighted by Crippen LogP contribution is -2.02. The number of nitrogens with zero attached hydrogens (tertiary/aromatic N) is 1. The van der Waals surface area contributed by atoms with Crippen molar-refractivity contribution in [2.45, 2.75) is 20.4 Å². The molecular formula is C15H17BrN2O. The third kappa shape index (κ3) is 3.96. The van der Waals surface area contributed by atoms with Gasteiger partial charge in [-0.25, -0.2) is 4.98 Å². The number of anilines is 1. The number of pyridine rings is 1. The highest BCUT2D eigenvalue weighted by Gasteiger charge is 1.99. The molecule has 0 fully saturated rings. The molecule has 0 saturated heterocycles. The zero-order valence-electron chi connectivity index (χ0n) is 11.1. The average Bonchev–Trinajstić information content (AvgIpc) is 2.42. The van der Waals surface area contributed by atoms with Crippen molar-refractivity contribution in [3.8, 4) is 5.75 Å². The van der Waals surface area contributed by atoms with E-state index < -0.39 is 0 Å². The highest BCUT2D eigenvalue weighted by atomic mass is 79.9. The number of aryl methyl sites for hydroxylation is 1. The molecule has 3 nitrogen and oxygen atoms in total. The summed E-state index contributed by atoms with van der Waals surface area (Å²) < 4.78 is 6.44. The largest absolute Gasteiger partial charge is 0.494 e. The maximum absolute atomic E-state index is 5.41. The molecule has 0 aliphatic heterocycles. The van der Waals surface area contributed by atoms with Crippen molar-refractivity contribution in [1.82, 2.24) is 4.98 Å². The van der Waals surface area contributed by atoms with E-state index in [0.717, 1.165) is 28.3 Å². The molecule has 19 heavy (non-hydrogen) atoms. The predicted octanol–water partition coefficient (Wildman–Crippen LogP) is 4.16. The number of halogens is 1. The van der Waals surface area contributed by atoms with E-state index in [1.807, 2.05) is 38.1 Å². The van der Waals surface area contributed by atoms with Gasteiger partial charge in [0.05, 0.1) is 12.3 Å². The second-order valence-corrected chi connectivity index (χ2v) is 5.05. The third-order valence-corrected chi connectivity index (χ3v) is 3.57. The fraction of sp³-hybridized carbons (Fsp3) is 0.267. The summed E-state index contributed by atoms with van der Waals surface area (Å²) in [6, 6.07) is 12.1. The van der Waals surface area contributed by atoms with Crippen LogP contribution >= 0.6 is 15.9 Å². The molecule has 4 heteroatoms. The molecule has 0 atom stereocenters. The normalized spacial score (nSPS) is 10.3. The van der Waals surface area contributed by atoms with Gasteiger partial charge in [0.25, 0.3) is 0 Å². The summed E-state index contributed by atoms with van der Waals surface area (Å²) in [4.78, 5) is 4.45. The Bertz CT molecular complexity index is 540. The number of hydrogen-bond donors (Lipinski definition) is 1. The van der Waals surface area contributed by atoms with E-state index in [4.69, 9.17) is 4.74 Å². The molecule has 2 aromatic rings. The summed E-state index contributed by atoms with van der Waals surface area (Å²) in [5.41, 5.74) is 2.18. The van der Waals surface area contributed by atoms with Crippen molar-refractivity contribution >= 4 is 21.7 Å². The summed E-state index contributed by atoms with van der Waals surface area (Å²) in [5.74, 6) is 1.79. The van der Waals surface area contributed by atoms with Crippen molar-refractivity contribution in [2.24, 2.45) is 0 Å². The van der Waals surface area contributed by atoms with Gasteiger partial charge < -0.3 is 10.1 Å². The van der Waals surface area contributed by atoms with Crippen LogP contribution in [0.2, 0.25) is 0 Å². The van der Waals surface area contributed by atoms with E-state index >= 15 is 0 Å². The molecule has 1 aromatic carbocycles. The van der Waals surface area contributed by atoms with E-state index in [0.29, 0.717) is 6.61 Å². The predicted molar refractivity (Wildman–Crippen MR) is 81.6 cm³/mol. The Balaban J connectivity index is 1.96. The topological polar surface area (TPSA) is 34.1 Å². The molecular weight excluding hydrogens is 304 g/mol. The van der Waals surface area contributed by atoms with Gasteiger partial charge in [-0.3, -0.25) is 0 Å². The Morgan fingerprint density at radius 3 is 2.53 bits per heavy atom. The second-order valence-electron chi connectivity index (χ2n) is 4.19. The standard InChI is InChI=1S/C15H17BrN2O/c1-3-19-13-6-4-12(5-7-13)10-17-15-9-8-14(16)11(2)18-15/h4-9H,3,10H2,1-2H3,(H,17,18). The van der Waals surface area contributed by atoms with Crippen LogP contribution in [0.1, 0.15) is 18.2 Å². The van der Waals surface area contributed by atoms with Gasteiger partial charge in [0.15, 0.2) is 0 Å². The van der Waals surface area contributed by atoms with Crippen LogP contribution in [0.4, 0.5) is 5.82 Å². The number of benzene rings is 1. The van der Waals surface area contributed by atoms with Gasteiger partial charge in [0.1, 0.15) is 11.6 Å². The van der Waals surface area contributed by atoms with E-state index in [1.165, 1.54) is 5.56 Å². The summed E-state index contributed by atoms with van der Waals surface area (Å²) in [7, 11) is 0. The quantitative estimate of drug-likeness (QED) is 0.898. The van der Waals surface area contributed by atoms with Gasteiger partial charge in [-0.15, -0.1) is 0 Å². The molecule has 1 N–H and O–H groups in total. The van der Waals surface area contributed by atoms with Gasteiger partial charge in [-0.05, 0) is 59.6 Å². The number of ether oxygens (including phenoxy) is 1. The molecule has 100 valence electrons. The number of nitrogens with one attached hydrogen (secondary N) is 1.